The summed E-state index contributed by atoms with van der Waals surface area (Å²) in [5.41, 5.74) is 12.3. The SMILES string of the molecule is Cn1cc(C(=O)NCCc2ccc(S(=O)(=O)NC(=O)Nc3c4c(cc5c3CC(C3Cc6cc7c(c(NC(=O)NS(=O)(=O)c8ccc(CCNC(=O)CN9CCCCCC9)cc8)c6C3)CCC7)C5)CCC4)cc2)cn1. The zero-order valence-electron chi connectivity index (χ0n) is 41.9. The van der Waals surface area contributed by atoms with Crippen LogP contribution in [0.4, 0.5) is 21.0 Å². The minimum atomic E-state index is -4.22. The molecule has 17 nitrogen and oxygen atoms in total. The molecule has 74 heavy (non-hydrogen) atoms. The van der Waals surface area contributed by atoms with Gasteiger partial charge in [-0.25, -0.2) is 35.9 Å². The normalized spacial score (nSPS) is 18.1. The van der Waals surface area contributed by atoms with Gasteiger partial charge in [0.15, 0.2) is 0 Å². The standard InChI is InChI=1S/C55H65N9O8S2/c1-63-33-43(32-58-63)53(66)57-23-21-36-14-18-45(19-15-36)74(71,72)62-55(68)60-52-47-11-7-9-38(47)27-42-29-40(31-49(42)52)39-28-41-26-37-8-6-10-46(37)51(48(41)30-39)59-54(67)61-73(69,70)44-16-12-35(13-17-44)20-22-56-50(65)34-64-24-4-2-3-5-25-64/h12-19,26-27,32-33,39-40H,2-11,20-25,28-31,34H2,1H3,(H,56,65)(H,57,66)(H2,59,61,67)(H2,60,62,68). The molecule has 1 aliphatic heterocycles. The molecule has 390 valence electrons. The maximum Gasteiger partial charge on any atom is 0.333 e. The van der Waals surface area contributed by atoms with Crippen molar-refractivity contribution in [2.75, 3.05) is 43.4 Å². The van der Waals surface area contributed by atoms with E-state index >= 15 is 0 Å². The monoisotopic (exact) mass is 1040 g/mol. The quantitative estimate of drug-likeness (QED) is 0.0670. The molecule has 6 amide bonds. The Morgan fingerprint density at radius 2 is 1.07 bits per heavy atom. The van der Waals surface area contributed by atoms with Gasteiger partial charge in [0, 0.05) is 37.7 Å². The first-order chi connectivity index (χ1) is 35.7. The van der Waals surface area contributed by atoms with Crippen molar-refractivity contribution in [3.63, 3.8) is 0 Å². The van der Waals surface area contributed by atoms with E-state index < -0.39 is 32.1 Å². The van der Waals surface area contributed by atoms with Crippen LogP contribution in [0.25, 0.3) is 0 Å². The van der Waals surface area contributed by atoms with Gasteiger partial charge in [-0.2, -0.15) is 5.10 Å². The van der Waals surface area contributed by atoms with Gasteiger partial charge < -0.3 is 21.3 Å². The average Bonchev–Trinajstić information content (AvgIpc) is 4.23. The van der Waals surface area contributed by atoms with Gasteiger partial charge in [-0.1, -0.05) is 49.2 Å². The van der Waals surface area contributed by atoms with Crippen LogP contribution < -0.4 is 30.7 Å². The smallest absolute Gasteiger partial charge is 0.333 e. The number of carbonyl (C=O) groups is 4. The largest absolute Gasteiger partial charge is 0.355 e. The van der Waals surface area contributed by atoms with Gasteiger partial charge in [-0.05, 0) is 195 Å². The molecule has 0 bridgehead atoms. The lowest BCUT2D eigenvalue weighted by molar-refractivity contribution is -0.122. The fourth-order valence-corrected chi connectivity index (χ4v) is 13.7. The first-order valence-electron chi connectivity index (χ1n) is 26.1. The van der Waals surface area contributed by atoms with E-state index in [9.17, 15) is 36.0 Å². The summed E-state index contributed by atoms with van der Waals surface area (Å²) >= 11 is 0. The maximum absolute atomic E-state index is 13.7. The van der Waals surface area contributed by atoms with Crippen LogP contribution in [0.3, 0.4) is 0 Å². The number of nitrogens with one attached hydrogen (secondary N) is 6. The number of amides is 6. The van der Waals surface area contributed by atoms with Gasteiger partial charge in [0.1, 0.15) is 0 Å². The number of aryl methyl sites for hydroxylation is 3. The van der Waals surface area contributed by atoms with E-state index in [2.05, 4.69) is 52.8 Å². The second-order valence-corrected chi connectivity index (χ2v) is 24.1. The van der Waals surface area contributed by atoms with Gasteiger partial charge in [0.25, 0.3) is 26.0 Å². The molecule has 4 aromatic carbocycles. The Balaban J connectivity index is 0.752. The molecule has 0 radical (unpaired) electrons. The van der Waals surface area contributed by atoms with Crippen molar-refractivity contribution in [3.05, 3.63) is 134 Å². The van der Waals surface area contributed by atoms with Crippen molar-refractivity contribution >= 4 is 55.3 Å². The third-order valence-corrected chi connectivity index (χ3v) is 18.3. The van der Waals surface area contributed by atoms with Crippen LogP contribution in [-0.2, 0) is 96.1 Å². The molecule has 1 fully saturated rings. The highest BCUT2D eigenvalue weighted by molar-refractivity contribution is 7.90. The van der Waals surface area contributed by atoms with Crippen molar-refractivity contribution < 1.29 is 36.0 Å². The molecular formula is C55H65N9O8S2. The fourth-order valence-electron chi connectivity index (χ4n) is 11.9. The summed E-state index contributed by atoms with van der Waals surface area (Å²) in [6, 6.07) is 15.5. The van der Waals surface area contributed by atoms with Crippen LogP contribution in [0, 0.1) is 11.8 Å². The molecule has 19 heteroatoms. The molecular weight excluding hydrogens is 979 g/mol. The van der Waals surface area contributed by atoms with Gasteiger partial charge >= 0.3 is 12.1 Å². The number of likely N-dealkylation sites (tertiary alicyclic amines) is 1. The molecule has 5 aromatic rings. The van der Waals surface area contributed by atoms with Gasteiger partial charge in [0.2, 0.25) is 5.91 Å². The number of benzene rings is 4. The van der Waals surface area contributed by atoms with Crippen LogP contribution in [-0.4, -0.2) is 88.1 Å². The van der Waals surface area contributed by atoms with Crippen LogP contribution in [0.1, 0.15) is 105 Å². The number of fused-ring (bicyclic) bond motifs is 4. The van der Waals surface area contributed by atoms with E-state index in [1.54, 1.807) is 42.2 Å². The Morgan fingerprint density at radius 1 is 0.581 bits per heavy atom. The van der Waals surface area contributed by atoms with E-state index in [4.69, 9.17) is 0 Å². The molecule has 5 aliphatic rings. The number of anilines is 2. The maximum atomic E-state index is 13.7. The first-order valence-corrected chi connectivity index (χ1v) is 29.1. The van der Waals surface area contributed by atoms with Crippen LogP contribution in [0.2, 0.25) is 0 Å². The fraction of sp³-hybridized carbons (Fsp3) is 0.436. The summed E-state index contributed by atoms with van der Waals surface area (Å²) in [7, 11) is -6.69. The van der Waals surface area contributed by atoms with Crippen LogP contribution >= 0.6 is 0 Å². The highest BCUT2D eigenvalue weighted by Crippen LogP contribution is 2.47. The number of aromatic nitrogens is 2. The highest BCUT2D eigenvalue weighted by Gasteiger charge is 2.39. The Bertz CT molecular complexity index is 3200. The lowest BCUT2D eigenvalue weighted by Crippen LogP contribution is -2.38. The van der Waals surface area contributed by atoms with Gasteiger partial charge in [0.05, 0.1) is 28.1 Å². The topological polar surface area (TPSA) is 230 Å². The van der Waals surface area contributed by atoms with E-state index in [-0.39, 0.29) is 33.4 Å². The molecule has 0 saturated carbocycles. The Morgan fingerprint density at radius 3 is 1.54 bits per heavy atom. The summed E-state index contributed by atoms with van der Waals surface area (Å²) in [6.45, 7) is 3.05. The number of hydrogen-bond donors (Lipinski definition) is 6. The molecule has 0 spiro atoms. The molecule has 2 heterocycles. The van der Waals surface area contributed by atoms with E-state index in [0.29, 0.717) is 62.3 Å². The Kier molecular flexibility index (Phi) is 15.0. The summed E-state index contributed by atoms with van der Waals surface area (Å²) < 4.78 is 60.1. The van der Waals surface area contributed by atoms with Crippen molar-refractivity contribution in [3.8, 4) is 0 Å². The summed E-state index contributed by atoms with van der Waals surface area (Å²) in [4.78, 5) is 54.4. The first kappa shape index (κ1) is 50.9. The number of sulfonamides is 2. The summed E-state index contributed by atoms with van der Waals surface area (Å²) in [6.07, 6.45) is 16.9. The predicted octanol–water partition coefficient (Wildman–Crippen LogP) is 6.06. The number of urea groups is 2. The van der Waals surface area contributed by atoms with Crippen molar-refractivity contribution in [1.29, 1.82) is 0 Å². The zero-order chi connectivity index (χ0) is 51.6. The minimum absolute atomic E-state index is 0.0117. The lowest BCUT2D eigenvalue weighted by atomic mass is 9.87. The number of hydrogen-bond acceptors (Lipinski definition) is 10. The van der Waals surface area contributed by atoms with Crippen molar-refractivity contribution in [2.45, 2.75) is 113 Å². The average molecular weight is 1040 g/mol. The Labute approximate surface area is 433 Å². The summed E-state index contributed by atoms with van der Waals surface area (Å²) in [5, 5.41) is 15.8. The molecule has 2 unspecified atom stereocenters. The molecule has 1 aromatic heterocycles. The number of nitrogens with zero attached hydrogens (tertiary/aromatic N) is 3. The number of rotatable bonds is 16. The van der Waals surface area contributed by atoms with Crippen molar-refractivity contribution in [2.24, 2.45) is 18.9 Å². The zero-order valence-corrected chi connectivity index (χ0v) is 43.5. The van der Waals surface area contributed by atoms with E-state index in [1.807, 2.05) is 0 Å². The molecule has 1 saturated heterocycles. The van der Waals surface area contributed by atoms with Gasteiger partial charge in [-0.3, -0.25) is 19.2 Å². The molecule has 10 rings (SSSR count). The predicted molar refractivity (Wildman–Crippen MR) is 281 cm³/mol. The second kappa shape index (κ2) is 21.7. The summed E-state index contributed by atoms with van der Waals surface area (Å²) in [5.74, 6) is 0.175. The third-order valence-electron chi connectivity index (χ3n) is 15.6. The second-order valence-electron chi connectivity index (χ2n) is 20.7. The Hall–Kier alpha value is -6.57. The third kappa shape index (κ3) is 11.5. The molecule has 2 atom stereocenters. The van der Waals surface area contributed by atoms with Crippen LogP contribution in [0.15, 0.2) is 82.8 Å². The van der Waals surface area contributed by atoms with E-state index in [1.165, 1.54) is 54.4 Å². The molecule has 6 N–H and O–H groups in total. The van der Waals surface area contributed by atoms with Crippen LogP contribution in [0.5, 0.6) is 0 Å². The van der Waals surface area contributed by atoms with Gasteiger partial charge in [-0.15, -0.1) is 0 Å². The number of carbonyl (C=O) groups excluding carboxylic acids is 4. The lowest BCUT2D eigenvalue weighted by Gasteiger charge is -2.19. The van der Waals surface area contributed by atoms with Crippen molar-refractivity contribution in [1.82, 2.24) is 34.8 Å². The van der Waals surface area contributed by atoms with E-state index in [0.717, 1.165) is 122 Å². The highest BCUT2D eigenvalue weighted by atomic mass is 32.2. The molecule has 4 aliphatic carbocycles. The minimum Gasteiger partial charge on any atom is -0.355 e.